The van der Waals surface area contributed by atoms with Crippen molar-refractivity contribution in [2.75, 3.05) is 13.7 Å². The van der Waals surface area contributed by atoms with Gasteiger partial charge in [-0.3, -0.25) is 0 Å². The number of carbonyl (C=O) groups excluding carboxylic acids is 1. The van der Waals surface area contributed by atoms with Crippen molar-refractivity contribution < 1.29 is 9.53 Å². The lowest BCUT2D eigenvalue weighted by Crippen LogP contribution is -2.12. The predicted molar refractivity (Wildman–Crippen MR) is 104 cm³/mol. The van der Waals surface area contributed by atoms with Crippen LogP contribution in [0, 0.1) is 11.3 Å². The maximum Gasteiger partial charge on any atom is 0.350 e. The zero-order valence-corrected chi connectivity index (χ0v) is 16.4. The van der Waals surface area contributed by atoms with E-state index < -0.39 is 5.97 Å². The number of hydrogen-bond donors (Lipinski definition) is 1. The molecule has 0 atom stereocenters. The number of nitrogens with one attached hydrogen (secondary N) is 1. The lowest BCUT2D eigenvalue weighted by atomic mass is 10.0. The Morgan fingerprint density at radius 1 is 0.880 bits per heavy atom. The van der Waals surface area contributed by atoms with Gasteiger partial charge in [-0.2, -0.15) is 5.26 Å². The zero-order chi connectivity index (χ0) is 18.6. The second-order valence-electron chi connectivity index (χ2n) is 6.71. The molecule has 0 unspecified atom stereocenters. The van der Waals surface area contributed by atoms with Crippen LogP contribution in [0.25, 0.3) is 0 Å². The molecule has 1 N–H and O–H groups in total. The second-order valence-corrected chi connectivity index (χ2v) is 6.71. The molecule has 0 aromatic rings. The maximum absolute atomic E-state index is 11.2. The lowest BCUT2D eigenvalue weighted by Gasteiger charge is -2.04. The first-order chi connectivity index (χ1) is 12.3. The standard InChI is InChI=1S/C21H38N2O2/c1-3-4-5-6-7-8-9-10-11-12-13-14-15-16-17-23-19-20(18-22)21(24)25-2/h19,23H,3-17H2,1-2H3/b20-19+. The van der Waals surface area contributed by atoms with Crippen LogP contribution in [0.4, 0.5) is 0 Å². The van der Waals surface area contributed by atoms with Crippen LogP contribution < -0.4 is 5.32 Å². The molecule has 0 fully saturated rings. The molecular formula is C21H38N2O2. The summed E-state index contributed by atoms with van der Waals surface area (Å²) in [5.74, 6) is -0.587. The lowest BCUT2D eigenvalue weighted by molar-refractivity contribution is -0.135. The average Bonchev–Trinajstić information content (AvgIpc) is 2.64. The molecule has 4 heteroatoms. The van der Waals surface area contributed by atoms with Crippen molar-refractivity contribution in [1.82, 2.24) is 5.32 Å². The van der Waals surface area contributed by atoms with Crippen molar-refractivity contribution in [3.8, 4) is 6.07 Å². The fraction of sp³-hybridized carbons (Fsp3) is 0.810. The van der Waals surface area contributed by atoms with Gasteiger partial charge >= 0.3 is 5.97 Å². The molecule has 4 nitrogen and oxygen atoms in total. The van der Waals surface area contributed by atoms with Gasteiger partial charge in [0.05, 0.1) is 7.11 Å². The van der Waals surface area contributed by atoms with Crippen LogP contribution in [0.1, 0.15) is 96.8 Å². The highest BCUT2D eigenvalue weighted by Gasteiger charge is 2.06. The van der Waals surface area contributed by atoms with Gasteiger partial charge in [0.2, 0.25) is 0 Å². The van der Waals surface area contributed by atoms with Gasteiger partial charge in [-0.25, -0.2) is 4.79 Å². The van der Waals surface area contributed by atoms with Crippen LogP contribution in [0.3, 0.4) is 0 Å². The topological polar surface area (TPSA) is 62.1 Å². The number of nitrogens with zero attached hydrogens (tertiary/aromatic N) is 1. The molecule has 144 valence electrons. The Balaban J connectivity index is 3.28. The van der Waals surface area contributed by atoms with E-state index in [1.165, 1.54) is 96.8 Å². The molecule has 0 amide bonds. The van der Waals surface area contributed by atoms with Gasteiger partial charge in [0.25, 0.3) is 0 Å². The van der Waals surface area contributed by atoms with Crippen molar-refractivity contribution in [3.63, 3.8) is 0 Å². The monoisotopic (exact) mass is 350 g/mol. The highest BCUT2D eigenvalue weighted by molar-refractivity contribution is 5.92. The van der Waals surface area contributed by atoms with Gasteiger partial charge in [-0.15, -0.1) is 0 Å². The van der Waals surface area contributed by atoms with Crippen LogP contribution >= 0.6 is 0 Å². The molecule has 0 heterocycles. The third kappa shape index (κ3) is 15.8. The molecule has 0 aliphatic rings. The van der Waals surface area contributed by atoms with Crippen molar-refractivity contribution in [2.24, 2.45) is 0 Å². The molecule has 0 rings (SSSR count). The third-order valence-electron chi connectivity index (χ3n) is 4.45. The summed E-state index contributed by atoms with van der Waals surface area (Å²) in [4.78, 5) is 11.2. The first-order valence-corrected chi connectivity index (χ1v) is 10.2. The number of methoxy groups -OCH3 is 1. The Kier molecular flexibility index (Phi) is 17.7. The maximum atomic E-state index is 11.2. The molecule has 0 aromatic heterocycles. The summed E-state index contributed by atoms with van der Waals surface area (Å²) in [5.41, 5.74) is 0.0212. The number of unbranched alkanes of at least 4 members (excludes halogenated alkanes) is 13. The number of ether oxygens (including phenoxy) is 1. The van der Waals surface area contributed by atoms with Crippen molar-refractivity contribution >= 4 is 5.97 Å². The zero-order valence-electron chi connectivity index (χ0n) is 16.4. The summed E-state index contributed by atoms with van der Waals surface area (Å²) in [6.07, 6.45) is 20.2. The van der Waals surface area contributed by atoms with Crippen molar-refractivity contribution in [3.05, 3.63) is 11.8 Å². The molecule has 0 radical (unpaired) electrons. The number of esters is 1. The summed E-state index contributed by atoms with van der Waals surface area (Å²) in [6.45, 7) is 3.06. The Labute approximate surface area is 155 Å². The van der Waals surface area contributed by atoms with E-state index in [1.807, 2.05) is 6.07 Å². The van der Waals surface area contributed by atoms with Gasteiger partial charge in [0.1, 0.15) is 6.07 Å². The van der Waals surface area contributed by atoms with E-state index in [9.17, 15) is 4.79 Å². The normalized spacial score (nSPS) is 11.2. The van der Waals surface area contributed by atoms with Crippen molar-refractivity contribution in [1.29, 1.82) is 5.26 Å². The number of nitriles is 1. The minimum atomic E-state index is -0.587. The van der Waals surface area contributed by atoms with E-state index in [-0.39, 0.29) is 5.57 Å². The number of hydrogen-bond acceptors (Lipinski definition) is 4. The first-order valence-electron chi connectivity index (χ1n) is 10.2. The summed E-state index contributed by atoms with van der Waals surface area (Å²) < 4.78 is 4.51. The third-order valence-corrected chi connectivity index (χ3v) is 4.45. The van der Waals surface area contributed by atoms with E-state index >= 15 is 0 Å². The van der Waals surface area contributed by atoms with Crippen LogP contribution in [-0.2, 0) is 9.53 Å². The molecule has 0 spiro atoms. The van der Waals surface area contributed by atoms with E-state index in [2.05, 4.69) is 17.0 Å². The number of rotatable bonds is 17. The van der Waals surface area contributed by atoms with Crippen molar-refractivity contribution in [2.45, 2.75) is 96.8 Å². The Morgan fingerprint density at radius 3 is 1.72 bits per heavy atom. The smallest absolute Gasteiger partial charge is 0.350 e. The Morgan fingerprint density at radius 2 is 1.32 bits per heavy atom. The van der Waals surface area contributed by atoms with Gasteiger partial charge in [0, 0.05) is 12.7 Å². The molecule has 0 bridgehead atoms. The average molecular weight is 351 g/mol. The first kappa shape index (κ1) is 23.5. The largest absolute Gasteiger partial charge is 0.465 e. The van der Waals surface area contributed by atoms with E-state index in [1.54, 1.807) is 0 Å². The molecule has 25 heavy (non-hydrogen) atoms. The fourth-order valence-corrected chi connectivity index (χ4v) is 2.84. The molecule has 0 aliphatic heterocycles. The predicted octanol–water partition coefficient (Wildman–Crippen LogP) is 5.64. The highest BCUT2D eigenvalue weighted by atomic mass is 16.5. The minimum Gasteiger partial charge on any atom is -0.465 e. The fourth-order valence-electron chi connectivity index (χ4n) is 2.84. The molecule has 0 aliphatic carbocycles. The molecule has 0 saturated carbocycles. The summed E-state index contributed by atoms with van der Waals surface area (Å²) in [5, 5.41) is 11.8. The van der Waals surface area contributed by atoms with E-state index in [4.69, 9.17) is 5.26 Å². The molecule has 0 saturated heterocycles. The van der Waals surface area contributed by atoms with E-state index in [0.717, 1.165) is 13.0 Å². The summed E-state index contributed by atoms with van der Waals surface area (Å²) >= 11 is 0. The summed E-state index contributed by atoms with van der Waals surface area (Å²) in [6, 6.07) is 1.83. The Hall–Kier alpha value is -1.50. The van der Waals surface area contributed by atoms with Crippen LogP contribution in [0.2, 0.25) is 0 Å². The van der Waals surface area contributed by atoms with Gasteiger partial charge < -0.3 is 10.1 Å². The minimum absolute atomic E-state index is 0.0212. The quantitative estimate of drug-likeness (QED) is 0.160. The molecule has 0 aromatic carbocycles. The van der Waals surface area contributed by atoms with Crippen LogP contribution in [-0.4, -0.2) is 19.6 Å². The van der Waals surface area contributed by atoms with Gasteiger partial charge in [-0.1, -0.05) is 90.4 Å². The van der Waals surface area contributed by atoms with E-state index in [0.29, 0.717) is 0 Å². The SMILES string of the molecule is CCCCCCCCCCCCCCCCN/C=C(\C#N)C(=O)OC. The Bertz CT molecular complexity index is 386. The van der Waals surface area contributed by atoms with Gasteiger partial charge in [-0.05, 0) is 6.42 Å². The number of carbonyl (C=O) groups is 1. The second kappa shape index (κ2) is 18.8. The molecular weight excluding hydrogens is 312 g/mol. The summed E-state index contributed by atoms with van der Waals surface area (Å²) in [7, 11) is 1.28. The van der Waals surface area contributed by atoms with Crippen LogP contribution in [0.15, 0.2) is 11.8 Å². The van der Waals surface area contributed by atoms with Crippen LogP contribution in [0.5, 0.6) is 0 Å². The highest BCUT2D eigenvalue weighted by Crippen LogP contribution is 2.12. The van der Waals surface area contributed by atoms with Gasteiger partial charge in [0.15, 0.2) is 5.57 Å².